The Bertz CT molecular complexity index is 1080. The number of aryl methyl sites for hydroxylation is 2. The molecule has 1 saturated heterocycles. The van der Waals surface area contributed by atoms with Crippen molar-refractivity contribution in [3.05, 3.63) is 41.5 Å². The monoisotopic (exact) mass is 363 g/mol. The van der Waals surface area contributed by atoms with Gasteiger partial charge < -0.3 is 15.2 Å². The van der Waals surface area contributed by atoms with Crippen molar-refractivity contribution in [3.8, 4) is 0 Å². The van der Waals surface area contributed by atoms with E-state index in [0.29, 0.717) is 18.9 Å². The van der Waals surface area contributed by atoms with E-state index in [1.54, 1.807) is 0 Å². The second-order valence-corrected chi connectivity index (χ2v) is 7.72. The molecule has 1 aliphatic heterocycles. The predicted molar refractivity (Wildman–Crippen MR) is 109 cm³/mol. The zero-order chi connectivity index (χ0) is 19.3. The third-order valence-corrected chi connectivity index (χ3v) is 5.52. The Balaban J connectivity index is 1.87. The highest BCUT2D eigenvalue weighted by atomic mass is 16.2. The molecule has 2 aromatic carbocycles. The van der Waals surface area contributed by atoms with Gasteiger partial charge in [-0.1, -0.05) is 18.2 Å². The highest BCUT2D eigenvalue weighted by Crippen LogP contribution is 2.38. The number of benzene rings is 2. The third-order valence-electron chi connectivity index (χ3n) is 5.52. The Morgan fingerprint density at radius 1 is 1.22 bits per heavy atom. The van der Waals surface area contributed by atoms with E-state index < -0.39 is 6.04 Å². The van der Waals surface area contributed by atoms with Gasteiger partial charge in [-0.3, -0.25) is 9.59 Å². The van der Waals surface area contributed by atoms with Crippen LogP contribution in [-0.2, 0) is 9.59 Å². The summed E-state index contributed by atoms with van der Waals surface area (Å²) >= 11 is 0. The van der Waals surface area contributed by atoms with Crippen LogP contribution in [0.15, 0.2) is 30.3 Å². The van der Waals surface area contributed by atoms with Crippen LogP contribution in [0.2, 0.25) is 0 Å². The highest BCUT2D eigenvalue weighted by molar-refractivity contribution is 6.13. The number of para-hydroxylation sites is 1. The molecule has 0 spiro atoms. The van der Waals surface area contributed by atoms with Gasteiger partial charge in [0.1, 0.15) is 6.04 Å². The SMILES string of the molecule is Cc1cc2c(c(C)c1NC(=O)C1CCC(=O)N1)c1ccccc1n2C(C)C. The van der Waals surface area contributed by atoms with Crippen molar-refractivity contribution in [2.45, 2.75) is 52.6 Å². The smallest absolute Gasteiger partial charge is 0.246 e. The van der Waals surface area contributed by atoms with Gasteiger partial charge in [0.25, 0.3) is 0 Å². The fraction of sp³-hybridized carbons (Fsp3) is 0.364. The van der Waals surface area contributed by atoms with E-state index in [9.17, 15) is 9.59 Å². The quantitative estimate of drug-likeness (QED) is 0.732. The van der Waals surface area contributed by atoms with Gasteiger partial charge in [-0.05, 0) is 57.4 Å². The highest BCUT2D eigenvalue weighted by Gasteiger charge is 2.28. The predicted octanol–water partition coefficient (Wildman–Crippen LogP) is 4.21. The van der Waals surface area contributed by atoms with Crippen LogP contribution in [0, 0.1) is 13.8 Å². The molecule has 5 heteroatoms. The third kappa shape index (κ3) is 2.78. The second-order valence-electron chi connectivity index (χ2n) is 7.72. The molecule has 4 rings (SSSR count). The number of fused-ring (bicyclic) bond motifs is 3. The van der Waals surface area contributed by atoms with E-state index in [-0.39, 0.29) is 11.8 Å². The minimum atomic E-state index is -0.441. The summed E-state index contributed by atoms with van der Waals surface area (Å²) in [5.41, 5.74) is 5.34. The Hall–Kier alpha value is -2.82. The molecule has 3 aromatic rings. The number of hydrogen-bond acceptors (Lipinski definition) is 2. The first-order chi connectivity index (χ1) is 12.9. The number of nitrogens with zero attached hydrogens (tertiary/aromatic N) is 1. The summed E-state index contributed by atoms with van der Waals surface area (Å²) in [4.78, 5) is 24.1. The lowest BCUT2D eigenvalue weighted by Gasteiger charge is -2.17. The summed E-state index contributed by atoms with van der Waals surface area (Å²) in [6, 6.07) is 10.5. The maximum Gasteiger partial charge on any atom is 0.246 e. The number of amides is 2. The Morgan fingerprint density at radius 2 is 1.96 bits per heavy atom. The van der Waals surface area contributed by atoms with Crippen molar-refractivity contribution in [1.29, 1.82) is 0 Å². The molecule has 0 bridgehead atoms. The maximum absolute atomic E-state index is 12.6. The van der Waals surface area contributed by atoms with E-state index in [1.165, 1.54) is 21.8 Å². The Kier molecular flexibility index (Phi) is 4.17. The molecule has 2 N–H and O–H groups in total. The summed E-state index contributed by atoms with van der Waals surface area (Å²) in [5.74, 6) is -0.196. The van der Waals surface area contributed by atoms with Crippen molar-refractivity contribution in [3.63, 3.8) is 0 Å². The van der Waals surface area contributed by atoms with Crippen LogP contribution in [0.1, 0.15) is 43.9 Å². The van der Waals surface area contributed by atoms with Gasteiger partial charge in [0.05, 0.1) is 5.52 Å². The number of nitrogens with one attached hydrogen (secondary N) is 2. The largest absolute Gasteiger partial charge is 0.344 e. The first-order valence-electron chi connectivity index (χ1n) is 9.51. The zero-order valence-electron chi connectivity index (χ0n) is 16.2. The van der Waals surface area contributed by atoms with Gasteiger partial charge in [-0.25, -0.2) is 0 Å². The van der Waals surface area contributed by atoms with Crippen molar-refractivity contribution in [2.75, 3.05) is 5.32 Å². The Labute approximate surface area is 158 Å². The van der Waals surface area contributed by atoms with Crippen LogP contribution >= 0.6 is 0 Å². The molecule has 1 fully saturated rings. The van der Waals surface area contributed by atoms with Gasteiger partial charge >= 0.3 is 0 Å². The van der Waals surface area contributed by atoms with E-state index >= 15 is 0 Å². The first kappa shape index (κ1) is 17.6. The molecule has 2 heterocycles. The minimum Gasteiger partial charge on any atom is -0.344 e. The molecule has 140 valence electrons. The molecule has 1 aromatic heterocycles. The average molecular weight is 363 g/mol. The minimum absolute atomic E-state index is 0.0564. The van der Waals surface area contributed by atoms with Crippen LogP contribution in [0.25, 0.3) is 21.8 Å². The molecule has 27 heavy (non-hydrogen) atoms. The molecule has 0 saturated carbocycles. The molecular formula is C22H25N3O2. The van der Waals surface area contributed by atoms with Crippen LogP contribution in [-0.4, -0.2) is 22.4 Å². The summed E-state index contributed by atoms with van der Waals surface area (Å²) in [6.45, 7) is 8.47. The van der Waals surface area contributed by atoms with Crippen LogP contribution in [0.3, 0.4) is 0 Å². The standard InChI is InChI=1S/C22H25N3O2/c1-12(2)25-17-8-6-5-7-15(17)20-14(4)21(13(3)11-18(20)25)24-22(27)16-9-10-19(26)23-16/h5-8,11-12,16H,9-10H2,1-4H3,(H,23,26)(H,24,27). The van der Waals surface area contributed by atoms with Gasteiger partial charge in [0, 0.05) is 34.4 Å². The molecule has 1 atom stereocenters. The zero-order valence-corrected chi connectivity index (χ0v) is 16.2. The fourth-order valence-corrected chi connectivity index (χ4v) is 4.29. The summed E-state index contributed by atoms with van der Waals surface area (Å²) < 4.78 is 2.35. The van der Waals surface area contributed by atoms with Crippen LogP contribution in [0.5, 0.6) is 0 Å². The number of hydrogen-bond donors (Lipinski definition) is 2. The molecule has 0 radical (unpaired) electrons. The maximum atomic E-state index is 12.6. The first-order valence-corrected chi connectivity index (χ1v) is 9.51. The van der Waals surface area contributed by atoms with Gasteiger partial charge in [-0.2, -0.15) is 0 Å². The molecule has 2 amide bonds. The Morgan fingerprint density at radius 3 is 2.63 bits per heavy atom. The van der Waals surface area contributed by atoms with Gasteiger partial charge in [0.2, 0.25) is 11.8 Å². The van der Waals surface area contributed by atoms with Crippen molar-refractivity contribution in [1.82, 2.24) is 9.88 Å². The molecule has 1 aliphatic rings. The van der Waals surface area contributed by atoms with Crippen molar-refractivity contribution in [2.24, 2.45) is 0 Å². The lowest BCUT2D eigenvalue weighted by Crippen LogP contribution is -2.37. The van der Waals surface area contributed by atoms with E-state index in [2.05, 4.69) is 66.3 Å². The van der Waals surface area contributed by atoms with Crippen LogP contribution < -0.4 is 10.6 Å². The lowest BCUT2D eigenvalue weighted by molar-refractivity contribution is -0.122. The second kappa shape index (κ2) is 6.41. The normalized spacial score (nSPS) is 17.1. The van der Waals surface area contributed by atoms with E-state index in [0.717, 1.165) is 16.8 Å². The van der Waals surface area contributed by atoms with Crippen molar-refractivity contribution < 1.29 is 9.59 Å². The van der Waals surface area contributed by atoms with E-state index in [1.807, 2.05) is 6.92 Å². The van der Waals surface area contributed by atoms with Crippen LogP contribution in [0.4, 0.5) is 5.69 Å². The summed E-state index contributed by atoms with van der Waals surface area (Å²) in [7, 11) is 0. The van der Waals surface area contributed by atoms with Crippen molar-refractivity contribution >= 4 is 39.3 Å². The molecule has 5 nitrogen and oxygen atoms in total. The summed E-state index contributed by atoms with van der Waals surface area (Å²) in [5, 5.41) is 8.19. The fourth-order valence-electron chi connectivity index (χ4n) is 4.29. The molecule has 1 unspecified atom stereocenters. The molecular weight excluding hydrogens is 338 g/mol. The summed E-state index contributed by atoms with van der Waals surface area (Å²) in [6.07, 6.45) is 0.967. The number of carbonyl (C=O) groups is 2. The van der Waals surface area contributed by atoms with E-state index in [4.69, 9.17) is 0 Å². The number of carbonyl (C=O) groups excluding carboxylic acids is 2. The van der Waals surface area contributed by atoms with Gasteiger partial charge in [0.15, 0.2) is 0 Å². The number of anilines is 1. The average Bonchev–Trinajstić information content (AvgIpc) is 3.19. The van der Waals surface area contributed by atoms with Gasteiger partial charge in [-0.15, -0.1) is 0 Å². The topological polar surface area (TPSA) is 63.1 Å². The lowest BCUT2D eigenvalue weighted by atomic mass is 10.0. The number of rotatable bonds is 3. The molecule has 0 aliphatic carbocycles. The number of aromatic nitrogens is 1.